The van der Waals surface area contributed by atoms with Crippen molar-refractivity contribution >= 4 is 12.1 Å². The number of aromatic hydroxyl groups is 3. The highest BCUT2D eigenvalue weighted by molar-refractivity contribution is 5.94. The lowest BCUT2D eigenvalue weighted by Crippen LogP contribution is -2.27. The van der Waals surface area contributed by atoms with E-state index in [0.29, 0.717) is 5.69 Å². The molecule has 0 radical (unpaired) electrons. The molecule has 0 spiro atoms. The van der Waals surface area contributed by atoms with Crippen molar-refractivity contribution in [2.45, 2.75) is 0 Å². The first-order valence-corrected chi connectivity index (χ1v) is 7.55. The van der Waals surface area contributed by atoms with Gasteiger partial charge in [0.1, 0.15) is 11.3 Å². The fourth-order valence-electron chi connectivity index (χ4n) is 2.10. The molecule has 0 aliphatic heterocycles. The summed E-state index contributed by atoms with van der Waals surface area (Å²) in [5.74, 6) is -2.43. The monoisotopic (exact) mass is 367 g/mol. The van der Waals surface area contributed by atoms with Crippen LogP contribution in [-0.2, 0) is 0 Å². The molecule has 2 heterocycles. The second-order valence-corrected chi connectivity index (χ2v) is 5.26. The van der Waals surface area contributed by atoms with Gasteiger partial charge in [-0.25, -0.2) is 10.4 Å². The van der Waals surface area contributed by atoms with Gasteiger partial charge in [-0.05, 0) is 24.3 Å². The molecule has 0 unspecified atom stereocenters. The van der Waals surface area contributed by atoms with Crippen LogP contribution in [0.5, 0.6) is 17.2 Å². The summed E-state index contributed by atoms with van der Waals surface area (Å²) in [5, 5.41) is 31.9. The summed E-state index contributed by atoms with van der Waals surface area (Å²) in [4.78, 5) is 34.7. The summed E-state index contributed by atoms with van der Waals surface area (Å²) in [6, 6.07) is 7.52. The second-order valence-electron chi connectivity index (χ2n) is 5.26. The van der Waals surface area contributed by atoms with Gasteiger partial charge in [-0.2, -0.15) is 5.10 Å². The summed E-state index contributed by atoms with van der Waals surface area (Å²) in [6.45, 7) is 0. The number of aromatic nitrogens is 3. The molecule has 1 aromatic carbocycles. The number of H-pyrrole nitrogens is 1. The van der Waals surface area contributed by atoms with Gasteiger partial charge in [-0.3, -0.25) is 14.6 Å². The van der Waals surface area contributed by atoms with Crippen LogP contribution in [0.25, 0.3) is 11.5 Å². The zero-order valence-electron chi connectivity index (χ0n) is 13.6. The van der Waals surface area contributed by atoms with E-state index in [-0.39, 0.29) is 17.0 Å². The van der Waals surface area contributed by atoms with Gasteiger partial charge < -0.3 is 20.3 Å². The fraction of sp³-hybridized carbons (Fsp3) is 0. The van der Waals surface area contributed by atoms with Crippen LogP contribution in [0.3, 0.4) is 0 Å². The zero-order valence-corrected chi connectivity index (χ0v) is 13.6. The first-order valence-electron chi connectivity index (χ1n) is 7.55. The Bertz CT molecular complexity index is 1080. The molecule has 10 nitrogen and oxygen atoms in total. The lowest BCUT2D eigenvalue weighted by molar-refractivity contribution is 0.0953. The number of carbonyl (C=O) groups is 1. The summed E-state index contributed by atoms with van der Waals surface area (Å²) >= 11 is 0. The molecule has 0 saturated carbocycles. The highest BCUT2D eigenvalue weighted by atomic mass is 16.3. The molecule has 0 saturated heterocycles. The Morgan fingerprint density at radius 1 is 1.11 bits per heavy atom. The van der Waals surface area contributed by atoms with Crippen molar-refractivity contribution in [1.29, 1.82) is 0 Å². The first kappa shape index (κ1) is 17.6. The van der Waals surface area contributed by atoms with Crippen LogP contribution in [0.1, 0.15) is 15.9 Å². The average Bonchev–Trinajstić information content (AvgIpc) is 2.68. The topological polar surface area (TPSA) is 161 Å². The Morgan fingerprint density at radius 3 is 2.63 bits per heavy atom. The first-order chi connectivity index (χ1) is 13.0. The minimum absolute atomic E-state index is 0.0446. The van der Waals surface area contributed by atoms with Crippen molar-refractivity contribution in [3.8, 4) is 28.8 Å². The van der Waals surface area contributed by atoms with Crippen molar-refractivity contribution in [2.75, 3.05) is 0 Å². The van der Waals surface area contributed by atoms with Crippen LogP contribution in [-0.4, -0.2) is 42.4 Å². The molecule has 0 fully saturated rings. The van der Waals surface area contributed by atoms with Crippen molar-refractivity contribution in [3.63, 3.8) is 0 Å². The largest absolute Gasteiger partial charge is 0.504 e. The Labute approximate surface area is 151 Å². The van der Waals surface area contributed by atoms with E-state index in [1.807, 2.05) is 0 Å². The minimum atomic E-state index is -0.824. The van der Waals surface area contributed by atoms with Gasteiger partial charge in [0.25, 0.3) is 11.5 Å². The number of carbonyl (C=O) groups excluding carboxylic acids is 1. The molecule has 0 aliphatic rings. The Morgan fingerprint density at radius 2 is 1.93 bits per heavy atom. The van der Waals surface area contributed by atoms with E-state index in [4.69, 9.17) is 0 Å². The molecule has 10 heteroatoms. The van der Waals surface area contributed by atoms with Crippen molar-refractivity contribution < 1.29 is 20.1 Å². The molecule has 0 aliphatic carbocycles. The van der Waals surface area contributed by atoms with Crippen molar-refractivity contribution in [3.05, 3.63) is 64.2 Å². The summed E-state index contributed by atoms with van der Waals surface area (Å²) in [6.07, 6.45) is 3.68. The third-order valence-corrected chi connectivity index (χ3v) is 3.48. The lowest BCUT2D eigenvalue weighted by Gasteiger charge is -2.04. The van der Waals surface area contributed by atoms with Gasteiger partial charge in [-0.1, -0.05) is 6.07 Å². The number of aromatic amines is 1. The molecule has 5 N–H and O–H groups in total. The quantitative estimate of drug-likeness (QED) is 0.258. The highest BCUT2D eigenvalue weighted by Gasteiger charge is 2.13. The Balaban J connectivity index is 1.75. The van der Waals surface area contributed by atoms with Gasteiger partial charge in [0.05, 0.1) is 6.21 Å². The number of rotatable bonds is 4. The second kappa shape index (κ2) is 7.35. The molecule has 0 bridgehead atoms. The highest BCUT2D eigenvalue weighted by Crippen LogP contribution is 2.36. The average molecular weight is 367 g/mol. The van der Waals surface area contributed by atoms with Gasteiger partial charge in [0.15, 0.2) is 17.3 Å². The van der Waals surface area contributed by atoms with Crippen LogP contribution >= 0.6 is 0 Å². The number of phenolic OH excluding ortho intramolecular Hbond substituents is 3. The standard InChI is InChI=1S/C17H13N5O5/c23-12-5-4-9(13(24)14(12)25)7-20-22-17(27)10-8-19-15(21-16(10)26)11-3-1-2-6-18-11/h1-8,23-25H,(H,22,27)(H,19,21,26). The number of hydrazone groups is 1. The maximum Gasteiger partial charge on any atom is 0.278 e. The normalized spacial score (nSPS) is 10.8. The maximum absolute atomic E-state index is 12.1. The molecule has 27 heavy (non-hydrogen) atoms. The van der Waals surface area contributed by atoms with Crippen LogP contribution < -0.4 is 11.0 Å². The van der Waals surface area contributed by atoms with Crippen LogP contribution in [0.2, 0.25) is 0 Å². The van der Waals surface area contributed by atoms with E-state index in [2.05, 4.69) is 25.5 Å². The third kappa shape index (κ3) is 3.74. The minimum Gasteiger partial charge on any atom is -0.504 e. The Kier molecular flexibility index (Phi) is 4.79. The van der Waals surface area contributed by atoms with Crippen molar-refractivity contribution in [1.82, 2.24) is 20.4 Å². The molecule has 1 amide bonds. The number of nitrogens with zero attached hydrogens (tertiary/aromatic N) is 3. The Hall–Kier alpha value is -4.21. The van der Waals surface area contributed by atoms with E-state index in [1.54, 1.807) is 24.4 Å². The van der Waals surface area contributed by atoms with Crippen LogP contribution in [0.15, 0.2) is 52.6 Å². The maximum atomic E-state index is 12.1. The molecule has 136 valence electrons. The molecule has 0 atom stereocenters. The number of hydrogen-bond donors (Lipinski definition) is 5. The lowest BCUT2D eigenvalue weighted by atomic mass is 10.2. The summed E-state index contributed by atoms with van der Waals surface area (Å²) in [7, 11) is 0. The number of phenols is 3. The molecule has 3 rings (SSSR count). The van der Waals surface area contributed by atoms with E-state index >= 15 is 0 Å². The molecular weight excluding hydrogens is 354 g/mol. The van der Waals surface area contributed by atoms with E-state index < -0.39 is 28.7 Å². The van der Waals surface area contributed by atoms with Gasteiger partial charge in [0.2, 0.25) is 5.75 Å². The van der Waals surface area contributed by atoms with Gasteiger partial charge in [-0.15, -0.1) is 0 Å². The van der Waals surface area contributed by atoms with E-state index in [9.17, 15) is 24.9 Å². The number of amides is 1. The van der Waals surface area contributed by atoms with Crippen LogP contribution in [0.4, 0.5) is 0 Å². The van der Waals surface area contributed by atoms with Gasteiger partial charge >= 0.3 is 0 Å². The van der Waals surface area contributed by atoms with E-state index in [0.717, 1.165) is 18.5 Å². The number of hydrogen-bond acceptors (Lipinski definition) is 8. The van der Waals surface area contributed by atoms with Gasteiger partial charge in [0, 0.05) is 18.0 Å². The van der Waals surface area contributed by atoms with Crippen molar-refractivity contribution in [2.24, 2.45) is 5.10 Å². The summed E-state index contributed by atoms with van der Waals surface area (Å²) in [5.41, 5.74) is 1.65. The number of benzene rings is 1. The zero-order chi connectivity index (χ0) is 19.4. The molecular formula is C17H13N5O5. The molecule has 2 aromatic heterocycles. The predicted octanol–water partition coefficient (Wildman–Crippen LogP) is 0.713. The third-order valence-electron chi connectivity index (χ3n) is 3.48. The smallest absolute Gasteiger partial charge is 0.278 e. The summed E-state index contributed by atoms with van der Waals surface area (Å²) < 4.78 is 0. The number of pyridine rings is 1. The SMILES string of the molecule is O=C(NN=Cc1ccc(O)c(O)c1O)c1cnc(-c2ccccn2)[nH]c1=O. The number of nitrogens with one attached hydrogen (secondary N) is 2. The van der Waals surface area contributed by atoms with Crippen LogP contribution in [0, 0.1) is 0 Å². The fourth-order valence-corrected chi connectivity index (χ4v) is 2.10. The molecule has 3 aromatic rings. The van der Waals surface area contributed by atoms with E-state index in [1.165, 1.54) is 6.07 Å². The predicted molar refractivity (Wildman–Crippen MR) is 94.6 cm³/mol.